The third-order valence-corrected chi connectivity index (χ3v) is 1.68. The molecule has 0 radical (unpaired) electrons. The molecule has 1 rings (SSSR count). The third kappa shape index (κ3) is 4.21. The van der Waals surface area contributed by atoms with Gasteiger partial charge in [-0.15, -0.1) is 0 Å². The smallest absolute Gasteiger partial charge is 0.307 e. The Hall–Kier alpha value is -0.650. The van der Waals surface area contributed by atoms with E-state index in [2.05, 4.69) is 0 Å². The van der Waals surface area contributed by atoms with E-state index >= 15 is 0 Å². The maximum Gasteiger partial charge on any atom is 0.307 e. The van der Waals surface area contributed by atoms with E-state index in [-0.39, 0.29) is 30.4 Å². The molecule has 1 aromatic rings. The normalized spacial score (nSPS) is 9.00. The summed E-state index contributed by atoms with van der Waals surface area (Å²) in [6.45, 7) is 2.95. The van der Waals surface area contributed by atoms with Gasteiger partial charge in [-0.1, -0.05) is 0 Å². The first-order valence-corrected chi connectivity index (χ1v) is 3.92. The van der Waals surface area contributed by atoms with E-state index in [1.165, 1.54) is 0 Å². The molecule has 0 amide bonds. The van der Waals surface area contributed by atoms with Gasteiger partial charge in [-0.3, -0.25) is 4.79 Å². The van der Waals surface area contributed by atoms with Gasteiger partial charge < -0.3 is 29.1 Å². The van der Waals surface area contributed by atoms with E-state index < -0.39 is 5.97 Å². The molecule has 4 heteroatoms. The average molecular weight is 293 g/mol. The lowest BCUT2D eigenvalue weighted by Crippen LogP contribution is -3.00. The van der Waals surface area contributed by atoms with Crippen molar-refractivity contribution in [2.45, 2.75) is 19.9 Å². The summed E-state index contributed by atoms with van der Waals surface area (Å²) in [4.78, 5) is 10.3. The molecule has 0 atom stereocenters. The van der Waals surface area contributed by atoms with Gasteiger partial charge in [0.25, 0.3) is 0 Å². The predicted molar refractivity (Wildman–Crippen MR) is 43.7 cm³/mol. The van der Waals surface area contributed by atoms with Gasteiger partial charge in [-0.05, 0) is 12.5 Å². The molecule has 0 aliphatic heterocycles. The van der Waals surface area contributed by atoms with E-state index in [4.69, 9.17) is 5.11 Å². The van der Waals surface area contributed by atoms with Gasteiger partial charge in [0, 0.05) is 12.1 Å². The van der Waals surface area contributed by atoms with Crippen LogP contribution in [0.3, 0.4) is 0 Å². The highest BCUT2D eigenvalue weighted by Crippen LogP contribution is 1.95. The van der Waals surface area contributed by atoms with Gasteiger partial charge >= 0.3 is 5.97 Å². The lowest BCUT2D eigenvalue weighted by Gasteiger charge is -1.94. The summed E-state index contributed by atoms with van der Waals surface area (Å²) < 4.78 is 1.99. The van der Waals surface area contributed by atoms with Gasteiger partial charge in [0.05, 0.1) is 6.42 Å². The van der Waals surface area contributed by atoms with Gasteiger partial charge in [0.15, 0.2) is 12.4 Å². The van der Waals surface area contributed by atoms with Crippen molar-refractivity contribution >= 4 is 5.97 Å². The molecule has 1 heterocycles. The molecular formula is C9H12INO2. The number of aromatic nitrogens is 1. The van der Waals surface area contributed by atoms with Gasteiger partial charge in [0.1, 0.15) is 6.54 Å². The molecule has 13 heavy (non-hydrogen) atoms. The van der Waals surface area contributed by atoms with Crippen LogP contribution < -0.4 is 28.5 Å². The summed E-state index contributed by atoms with van der Waals surface area (Å²) >= 11 is 0. The summed E-state index contributed by atoms with van der Waals surface area (Å²) in [6, 6.07) is 3.66. The Bertz CT molecular complexity index is 271. The summed E-state index contributed by atoms with van der Waals surface area (Å²) in [5.74, 6) is -0.788. The van der Waals surface area contributed by atoms with Gasteiger partial charge in [-0.25, -0.2) is 4.57 Å². The monoisotopic (exact) mass is 293 g/mol. The predicted octanol–water partition coefficient (Wildman–Crippen LogP) is -2.37. The maximum atomic E-state index is 10.3. The van der Waals surface area contributed by atoms with Crippen molar-refractivity contribution in [1.29, 1.82) is 0 Å². The zero-order valence-electron chi connectivity index (χ0n) is 7.40. The Morgan fingerprint density at radius 3 is 2.38 bits per heavy atom. The number of nitrogens with zero attached hydrogens (tertiary/aromatic N) is 1. The van der Waals surface area contributed by atoms with Crippen LogP contribution in [-0.4, -0.2) is 11.1 Å². The van der Waals surface area contributed by atoms with Crippen molar-refractivity contribution in [1.82, 2.24) is 0 Å². The van der Waals surface area contributed by atoms with Crippen molar-refractivity contribution in [3.8, 4) is 0 Å². The second kappa shape index (κ2) is 5.90. The number of carbonyl (C=O) groups is 1. The minimum Gasteiger partial charge on any atom is -1.00 e. The first kappa shape index (κ1) is 12.3. The average Bonchev–Trinajstić information content (AvgIpc) is 2.05. The second-order valence-electron chi connectivity index (χ2n) is 2.61. The SMILES string of the molecule is CC[n+]1ccc(CC(=O)O)cc1.[I-]. The first-order valence-electron chi connectivity index (χ1n) is 3.92. The van der Waals surface area contributed by atoms with E-state index in [9.17, 15) is 4.79 Å². The number of aliphatic carboxylic acids is 1. The lowest BCUT2D eigenvalue weighted by atomic mass is 10.2. The zero-order valence-corrected chi connectivity index (χ0v) is 9.56. The van der Waals surface area contributed by atoms with Crippen molar-refractivity contribution in [2.75, 3.05) is 0 Å². The van der Waals surface area contributed by atoms with E-state index in [0.717, 1.165) is 12.1 Å². The molecule has 0 aromatic carbocycles. The van der Waals surface area contributed by atoms with Crippen LogP contribution in [0.25, 0.3) is 0 Å². The topological polar surface area (TPSA) is 41.2 Å². The Balaban J connectivity index is 0.00000144. The largest absolute Gasteiger partial charge is 1.00 e. The molecule has 0 aliphatic carbocycles. The number of aryl methyl sites for hydroxylation is 1. The van der Waals surface area contributed by atoms with Crippen molar-refractivity contribution < 1.29 is 38.4 Å². The summed E-state index contributed by atoms with van der Waals surface area (Å²) in [5.41, 5.74) is 0.840. The quantitative estimate of drug-likeness (QED) is 0.500. The molecule has 0 saturated heterocycles. The Labute approximate surface area is 94.4 Å². The fourth-order valence-electron chi connectivity index (χ4n) is 0.991. The first-order chi connectivity index (χ1) is 5.72. The van der Waals surface area contributed by atoms with E-state index in [0.29, 0.717) is 0 Å². The Kier molecular flexibility index (Phi) is 5.61. The molecule has 1 N–H and O–H groups in total. The minimum atomic E-state index is -0.788. The standard InChI is InChI=1S/C9H11NO2.HI/c1-2-10-5-3-8(4-6-10)7-9(11)12;/h3-6H,2,7H2,1H3;1H. The van der Waals surface area contributed by atoms with Crippen LogP contribution in [0.1, 0.15) is 12.5 Å². The number of rotatable bonds is 3. The molecule has 3 nitrogen and oxygen atoms in total. The molecule has 0 unspecified atom stereocenters. The van der Waals surface area contributed by atoms with Crippen molar-refractivity contribution in [3.05, 3.63) is 30.1 Å². The molecule has 0 aliphatic rings. The molecular weight excluding hydrogens is 281 g/mol. The van der Waals surface area contributed by atoms with Crippen LogP contribution in [-0.2, 0) is 17.8 Å². The highest BCUT2D eigenvalue weighted by molar-refractivity contribution is 5.69. The number of carboxylic acid groups (broad SMARTS) is 1. The number of hydrogen-bond donors (Lipinski definition) is 1. The van der Waals surface area contributed by atoms with Crippen molar-refractivity contribution in [3.63, 3.8) is 0 Å². The molecule has 72 valence electrons. The van der Waals surface area contributed by atoms with E-state index in [1.807, 2.05) is 36.0 Å². The third-order valence-electron chi connectivity index (χ3n) is 1.68. The maximum absolute atomic E-state index is 10.3. The van der Waals surface area contributed by atoms with Crippen LogP contribution >= 0.6 is 0 Å². The molecule has 1 aromatic heterocycles. The van der Waals surface area contributed by atoms with Gasteiger partial charge in [0.2, 0.25) is 0 Å². The highest BCUT2D eigenvalue weighted by atomic mass is 127. The highest BCUT2D eigenvalue weighted by Gasteiger charge is 2.01. The Morgan fingerprint density at radius 1 is 1.46 bits per heavy atom. The van der Waals surface area contributed by atoms with Gasteiger partial charge in [-0.2, -0.15) is 0 Å². The second-order valence-corrected chi connectivity index (χ2v) is 2.61. The minimum absolute atomic E-state index is 0. The molecule has 0 fully saturated rings. The molecule has 0 saturated carbocycles. The fourth-order valence-corrected chi connectivity index (χ4v) is 0.991. The zero-order chi connectivity index (χ0) is 8.97. The summed E-state index contributed by atoms with van der Waals surface area (Å²) in [5, 5.41) is 8.49. The van der Waals surface area contributed by atoms with Crippen LogP contribution in [0, 0.1) is 0 Å². The number of halogens is 1. The molecule has 0 bridgehead atoms. The summed E-state index contributed by atoms with van der Waals surface area (Å²) in [6.07, 6.45) is 3.88. The summed E-state index contributed by atoms with van der Waals surface area (Å²) in [7, 11) is 0. The van der Waals surface area contributed by atoms with Crippen LogP contribution in [0.15, 0.2) is 24.5 Å². The van der Waals surface area contributed by atoms with Crippen LogP contribution in [0.4, 0.5) is 0 Å². The van der Waals surface area contributed by atoms with Crippen molar-refractivity contribution in [2.24, 2.45) is 0 Å². The van der Waals surface area contributed by atoms with E-state index in [1.54, 1.807) is 0 Å². The number of pyridine rings is 1. The number of hydrogen-bond acceptors (Lipinski definition) is 1. The van der Waals surface area contributed by atoms with Crippen LogP contribution in [0.5, 0.6) is 0 Å². The number of carboxylic acids is 1. The fraction of sp³-hybridized carbons (Fsp3) is 0.333. The Morgan fingerprint density at radius 2 is 2.00 bits per heavy atom. The lowest BCUT2D eigenvalue weighted by molar-refractivity contribution is -0.693. The molecule has 0 spiro atoms. The van der Waals surface area contributed by atoms with Crippen LogP contribution in [0.2, 0.25) is 0 Å².